The van der Waals surface area contributed by atoms with Gasteiger partial charge in [-0.3, -0.25) is 0 Å². The van der Waals surface area contributed by atoms with E-state index in [2.05, 4.69) is 18.0 Å². The number of hydrogen-bond acceptors (Lipinski definition) is 2. The van der Waals surface area contributed by atoms with Gasteiger partial charge in [0.15, 0.2) is 5.82 Å². The van der Waals surface area contributed by atoms with Crippen molar-refractivity contribution in [2.75, 3.05) is 0 Å². The van der Waals surface area contributed by atoms with Gasteiger partial charge in [-0.1, -0.05) is 12.1 Å². The number of halogens is 2. The first-order valence-electron chi connectivity index (χ1n) is 5.97. The molecule has 0 aliphatic heterocycles. The zero-order valence-corrected chi connectivity index (χ0v) is 11.9. The number of thiophene rings is 1. The fourth-order valence-corrected chi connectivity index (χ4v) is 3.28. The van der Waals surface area contributed by atoms with Crippen LogP contribution in [-0.2, 0) is 5.88 Å². The molecule has 1 atom stereocenters. The Labute approximate surface area is 119 Å². The van der Waals surface area contributed by atoms with Gasteiger partial charge in [-0.25, -0.2) is 9.37 Å². The van der Waals surface area contributed by atoms with Gasteiger partial charge < -0.3 is 4.57 Å². The smallest absolute Gasteiger partial charge is 0.151 e. The summed E-state index contributed by atoms with van der Waals surface area (Å²) in [4.78, 5) is 5.53. The van der Waals surface area contributed by atoms with E-state index >= 15 is 0 Å². The maximum absolute atomic E-state index is 13.8. The first kappa shape index (κ1) is 12.6. The van der Waals surface area contributed by atoms with Crippen LogP contribution in [0.1, 0.15) is 23.7 Å². The molecule has 3 rings (SSSR count). The van der Waals surface area contributed by atoms with Crippen LogP contribution in [-0.4, -0.2) is 9.55 Å². The summed E-state index contributed by atoms with van der Waals surface area (Å²) in [5.41, 5.74) is 1.18. The number of imidazole rings is 1. The van der Waals surface area contributed by atoms with Crippen molar-refractivity contribution in [3.05, 3.63) is 52.2 Å². The van der Waals surface area contributed by atoms with Gasteiger partial charge in [0.1, 0.15) is 11.3 Å². The van der Waals surface area contributed by atoms with Gasteiger partial charge in [0.2, 0.25) is 0 Å². The summed E-state index contributed by atoms with van der Waals surface area (Å²) < 4.78 is 15.8. The summed E-state index contributed by atoms with van der Waals surface area (Å²) in [5, 5.41) is 2.03. The van der Waals surface area contributed by atoms with Gasteiger partial charge in [-0.15, -0.1) is 22.9 Å². The molecule has 1 aromatic carbocycles. The molecule has 2 nitrogen and oxygen atoms in total. The third kappa shape index (κ3) is 2.05. The SMILES string of the molecule is CC(c1cccs1)n1c(CCl)nc2c(F)cccc21. The van der Waals surface area contributed by atoms with Crippen molar-refractivity contribution in [3.63, 3.8) is 0 Å². The molecule has 0 radical (unpaired) electrons. The summed E-state index contributed by atoms with van der Waals surface area (Å²) in [6, 6.07) is 9.18. The minimum Gasteiger partial charge on any atom is -0.319 e. The second-order valence-electron chi connectivity index (χ2n) is 4.33. The number of hydrogen-bond donors (Lipinski definition) is 0. The van der Waals surface area contributed by atoms with Gasteiger partial charge >= 0.3 is 0 Å². The number of rotatable bonds is 3. The summed E-state index contributed by atoms with van der Waals surface area (Å²) >= 11 is 7.63. The van der Waals surface area contributed by atoms with Crippen LogP contribution in [0.4, 0.5) is 4.39 Å². The van der Waals surface area contributed by atoms with Gasteiger partial charge in [0.25, 0.3) is 0 Å². The summed E-state index contributed by atoms with van der Waals surface area (Å²) in [6.45, 7) is 2.08. The van der Waals surface area contributed by atoms with E-state index in [0.717, 1.165) is 5.52 Å². The molecule has 0 spiro atoms. The Hall–Kier alpha value is -1.39. The quantitative estimate of drug-likeness (QED) is 0.646. The Bertz CT molecular complexity index is 706. The third-order valence-corrected chi connectivity index (χ3v) is 4.49. The van der Waals surface area contributed by atoms with Gasteiger partial charge in [0.05, 0.1) is 17.4 Å². The molecule has 3 aromatic rings. The fourth-order valence-electron chi connectivity index (χ4n) is 2.31. The molecule has 0 N–H and O–H groups in total. The minimum atomic E-state index is -0.305. The van der Waals surface area contributed by atoms with Crippen LogP contribution in [0.3, 0.4) is 0 Å². The lowest BCUT2D eigenvalue weighted by molar-refractivity contribution is 0.636. The molecule has 5 heteroatoms. The summed E-state index contributed by atoms with van der Waals surface area (Å²) in [7, 11) is 0. The molecule has 0 aliphatic rings. The maximum Gasteiger partial charge on any atom is 0.151 e. The lowest BCUT2D eigenvalue weighted by Gasteiger charge is -2.15. The Morgan fingerprint density at radius 2 is 2.21 bits per heavy atom. The van der Waals surface area contributed by atoms with E-state index in [1.54, 1.807) is 17.4 Å². The lowest BCUT2D eigenvalue weighted by Crippen LogP contribution is -2.08. The Morgan fingerprint density at radius 1 is 1.37 bits per heavy atom. The minimum absolute atomic E-state index is 0.0977. The highest BCUT2D eigenvalue weighted by Crippen LogP contribution is 2.30. The molecule has 2 aromatic heterocycles. The Morgan fingerprint density at radius 3 is 2.89 bits per heavy atom. The Kier molecular flexibility index (Phi) is 3.29. The standard InChI is InChI=1S/C14H12ClFN2S/c1-9(12-6-3-7-19-12)18-11-5-2-4-10(16)14(11)17-13(18)8-15/h2-7,9H,8H2,1H3. The van der Waals surface area contributed by atoms with Crippen LogP contribution >= 0.6 is 22.9 Å². The molecular formula is C14H12ClFN2S. The van der Waals surface area contributed by atoms with Crippen molar-refractivity contribution >= 4 is 34.0 Å². The van der Waals surface area contributed by atoms with Gasteiger partial charge in [-0.2, -0.15) is 0 Å². The lowest BCUT2D eigenvalue weighted by atomic mass is 10.2. The summed E-state index contributed by atoms with van der Waals surface area (Å²) in [5.74, 6) is 0.660. The van der Waals surface area contributed by atoms with Crippen LogP contribution in [0, 0.1) is 5.82 Å². The number of para-hydroxylation sites is 1. The van der Waals surface area contributed by atoms with E-state index in [0.29, 0.717) is 11.3 Å². The van der Waals surface area contributed by atoms with E-state index in [1.165, 1.54) is 10.9 Å². The molecule has 0 fully saturated rings. The monoisotopic (exact) mass is 294 g/mol. The van der Waals surface area contributed by atoms with Crippen LogP contribution in [0.25, 0.3) is 11.0 Å². The Balaban J connectivity index is 2.24. The van der Waals surface area contributed by atoms with E-state index in [-0.39, 0.29) is 17.7 Å². The molecule has 0 saturated carbocycles. The second-order valence-corrected chi connectivity index (χ2v) is 5.58. The highest BCUT2D eigenvalue weighted by molar-refractivity contribution is 7.10. The number of nitrogens with zero attached hydrogens (tertiary/aromatic N) is 2. The van der Waals surface area contributed by atoms with E-state index < -0.39 is 0 Å². The predicted octanol–water partition coefficient (Wildman–Crippen LogP) is 4.59. The number of aromatic nitrogens is 2. The highest BCUT2D eigenvalue weighted by Gasteiger charge is 2.18. The molecule has 19 heavy (non-hydrogen) atoms. The van der Waals surface area contributed by atoms with E-state index in [9.17, 15) is 4.39 Å². The topological polar surface area (TPSA) is 17.8 Å². The van der Waals surface area contributed by atoms with Crippen molar-refractivity contribution in [2.45, 2.75) is 18.8 Å². The number of fused-ring (bicyclic) bond motifs is 1. The third-order valence-electron chi connectivity index (χ3n) is 3.21. The van der Waals surface area contributed by atoms with E-state index in [4.69, 9.17) is 11.6 Å². The first-order chi connectivity index (χ1) is 9.22. The van der Waals surface area contributed by atoms with Crippen molar-refractivity contribution in [1.29, 1.82) is 0 Å². The van der Waals surface area contributed by atoms with Gasteiger partial charge in [0, 0.05) is 4.88 Å². The van der Waals surface area contributed by atoms with Crippen molar-refractivity contribution in [1.82, 2.24) is 9.55 Å². The molecule has 98 valence electrons. The zero-order valence-electron chi connectivity index (χ0n) is 10.3. The molecule has 0 saturated heterocycles. The molecule has 0 bridgehead atoms. The molecule has 0 amide bonds. The molecule has 0 aliphatic carbocycles. The second kappa shape index (κ2) is 4.94. The fraction of sp³-hybridized carbons (Fsp3) is 0.214. The zero-order chi connectivity index (χ0) is 13.4. The molecule has 2 heterocycles. The van der Waals surface area contributed by atoms with Crippen LogP contribution in [0.5, 0.6) is 0 Å². The predicted molar refractivity (Wildman–Crippen MR) is 77.4 cm³/mol. The van der Waals surface area contributed by atoms with Crippen LogP contribution in [0.2, 0.25) is 0 Å². The molecule has 1 unspecified atom stereocenters. The molecular weight excluding hydrogens is 283 g/mol. The summed E-state index contributed by atoms with van der Waals surface area (Å²) in [6.07, 6.45) is 0. The average molecular weight is 295 g/mol. The maximum atomic E-state index is 13.8. The normalized spacial score (nSPS) is 13.0. The van der Waals surface area contributed by atoms with Crippen LogP contribution < -0.4 is 0 Å². The number of alkyl halides is 1. The van der Waals surface area contributed by atoms with Gasteiger partial charge in [-0.05, 0) is 30.5 Å². The highest BCUT2D eigenvalue weighted by atomic mass is 35.5. The van der Waals surface area contributed by atoms with Crippen molar-refractivity contribution < 1.29 is 4.39 Å². The largest absolute Gasteiger partial charge is 0.319 e. The average Bonchev–Trinajstić information content (AvgIpc) is 3.05. The van der Waals surface area contributed by atoms with Crippen molar-refractivity contribution in [3.8, 4) is 0 Å². The van der Waals surface area contributed by atoms with E-state index in [1.807, 2.05) is 22.1 Å². The van der Waals surface area contributed by atoms with Crippen molar-refractivity contribution in [2.24, 2.45) is 0 Å². The van der Waals surface area contributed by atoms with Crippen LogP contribution in [0.15, 0.2) is 35.7 Å². The first-order valence-corrected chi connectivity index (χ1v) is 7.38. The number of benzene rings is 1.